The first kappa shape index (κ1) is 15.4. The van der Waals surface area contributed by atoms with Crippen molar-refractivity contribution in [3.8, 4) is 0 Å². The SMILES string of the molecule is C=O.Cc1cc(I)n2ncc(C(=O)N3C[C@@H]4C[C@H]3CO4)c2c1. The Kier molecular flexibility index (Phi) is 4.18. The van der Waals surface area contributed by atoms with Crippen LogP contribution >= 0.6 is 22.6 Å². The van der Waals surface area contributed by atoms with Crippen molar-refractivity contribution in [1.82, 2.24) is 14.5 Å². The average molecular weight is 413 g/mol. The van der Waals surface area contributed by atoms with Crippen LogP contribution in [0.15, 0.2) is 18.3 Å². The summed E-state index contributed by atoms with van der Waals surface area (Å²) in [6.07, 6.45) is 2.89. The number of likely N-dealkylation sites (tertiary alicyclic amines) is 1. The molecule has 0 saturated carbocycles. The van der Waals surface area contributed by atoms with Crippen LogP contribution in [-0.4, -0.2) is 52.5 Å². The molecule has 2 bridgehead atoms. The number of nitrogens with zero attached hydrogens (tertiary/aromatic N) is 3. The maximum Gasteiger partial charge on any atom is 0.258 e. The second-order valence-electron chi connectivity index (χ2n) is 5.51. The fraction of sp³-hybridized carbons (Fsp3) is 0.400. The highest BCUT2D eigenvalue weighted by Crippen LogP contribution is 2.30. The predicted molar refractivity (Wildman–Crippen MR) is 88.9 cm³/mol. The Morgan fingerprint density at radius 3 is 2.86 bits per heavy atom. The Bertz CT molecular complexity index is 730. The van der Waals surface area contributed by atoms with Crippen LogP contribution in [0.3, 0.4) is 0 Å². The molecular formula is C15H16IN3O3. The van der Waals surface area contributed by atoms with Gasteiger partial charge in [0.25, 0.3) is 5.91 Å². The molecule has 2 atom stereocenters. The topological polar surface area (TPSA) is 63.9 Å². The summed E-state index contributed by atoms with van der Waals surface area (Å²) in [6, 6.07) is 4.32. The molecule has 7 heteroatoms. The van der Waals surface area contributed by atoms with Crippen LogP contribution < -0.4 is 0 Å². The molecule has 2 aromatic rings. The van der Waals surface area contributed by atoms with E-state index in [0.717, 1.165) is 21.2 Å². The van der Waals surface area contributed by atoms with Crippen molar-refractivity contribution >= 4 is 40.8 Å². The van der Waals surface area contributed by atoms with Crippen molar-refractivity contribution in [3.63, 3.8) is 0 Å². The number of hydrogen-bond donors (Lipinski definition) is 0. The van der Waals surface area contributed by atoms with Gasteiger partial charge in [0.05, 0.1) is 36.0 Å². The molecular weight excluding hydrogens is 397 g/mol. The Balaban J connectivity index is 0.000000693. The molecule has 2 fully saturated rings. The smallest absolute Gasteiger partial charge is 0.258 e. The number of aromatic nitrogens is 2. The average Bonchev–Trinajstić information content (AvgIpc) is 3.23. The van der Waals surface area contributed by atoms with Crippen LogP contribution in [0.5, 0.6) is 0 Å². The molecule has 2 aliphatic rings. The van der Waals surface area contributed by atoms with Crippen LogP contribution in [0.25, 0.3) is 5.52 Å². The molecule has 0 N–H and O–H groups in total. The largest absolute Gasteiger partial charge is 0.374 e. The van der Waals surface area contributed by atoms with Gasteiger partial charge in [-0.3, -0.25) is 4.79 Å². The van der Waals surface area contributed by atoms with Gasteiger partial charge >= 0.3 is 0 Å². The van der Waals surface area contributed by atoms with Crippen molar-refractivity contribution < 1.29 is 14.3 Å². The van der Waals surface area contributed by atoms with Crippen LogP contribution in [0, 0.1) is 10.6 Å². The van der Waals surface area contributed by atoms with E-state index in [4.69, 9.17) is 9.53 Å². The zero-order chi connectivity index (χ0) is 15.9. The van der Waals surface area contributed by atoms with Crippen molar-refractivity contribution in [1.29, 1.82) is 0 Å². The summed E-state index contributed by atoms with van der Waals surface area (Å²) in [5.74, 6) is 0.0807. The number of pyridine rings is 1. The maximum absolute atomic E-state index is 12.7. The number of halogens is 1. The number of aryl methyl sites for hydroxylation is 1. The van der Waals surface area contributed by atoms with Crippen LogP contribution in [0.1, 0.15) is 22.3 Å². The lowest BCUT2D eigenvalue weighted by atomic mass is 10.2. The van der Waals surface area contributed by atoms with E-state index >= 15 is 0 Å². The van der Waals surface area contributed by atoms with E-state index < -0.39 is 0 Å². The summed E-state index contributed by atoms with van der Waals surface area (Å²) in [5.41, 5.74) is 2.73. The Morgan fingerprint density at radius 2 is 2.23 bits per heavy atom. The third-order valence-corrected chi connectivity index (χ3v) is 4.88. The lowest BCUT2D eigenvalue weighted by Crippen LogP contribution is -2.41. The first-order valence-corrected chi connectivity index (χ1v) is 8.06. The number of carbonyl (C=O) groups excluding carboxylic acids is 2. The number of amides is 1. The Hall–Kier alpha value is -1.48. The molecule has 4 heterocycles. The first-order chi connectivity index (χ1) is 10.6. The number of rotatable bonds is 1. The third kappa shape index (κ3) is 2.41. The quantitative estimate of drug-likeness (QED) is 0.527. The maximum atomic E-state index is 12.7. The molecule has 22 heavy (non-hydrogen) atoms. The zero-order valence-corrected chi connectivity index (χ0v) is 14.3. The minimum absolute atomic E-state index is 0.0807. The number of hydrogen-bond acceptors (Lipinski definition) is 4. The van der Waals surface area contributed by atoms with Gasteiger partial charge in [-0.25, -0.2) is 4.52 Å². The zero-order valence-electron chi connectivity index (χ0n) is 12.2. The predicted octanol–water partition coefficient (Wildman–Crippen LogP) is 1.68. The van der Waals surface area contributed by atoms with Gasteiger partial charge in [0.15, 0.2) is 0 Å². The summed E-state index contributed by atoms with van der Waals surface area (Å²) in [5, 5.41) is 4.34. The lowest BCUT2D eigenvalue weighted by Gasteiger charge is -2.26. The van der Waals surface area contributed by atoms with Gasteiger partial charge in [-0.1, -0.05) is 0 Å². The summed E-state index contributed by atoms with van der Waals surface area (Å²) in [6.45, 7) is 5.42. The molecule has 2 aromatic heterocycles. The molecule has 0 aromatic carbocycles. The van der Waals surface area contributed by atoms with Gasteiger partial charge in [0.2, 0.25) is 0 Å². The molecule has 6 nitrogen and oxygen atoms in total. The molecule has 4 rings (SSSR count). The van der Waals surface area contributed by atoms with Crippen molar-refractivity contribution in [2.24, 2.45) is 0 Å². The normalized spacial score (nSPS) is 22.7. The third-order valence-electron chi connectivity index (χ3n) is 4.11. The Labute approximate surface area is 141 Å². The fourth-order valence-electron chi connectivity index (χ4n) is 3.14. The lowest BCUT2D eigenvalue weighted by molar-refractivity contribution is -0.0980. The molecule has 116 valence electrons. The van der Waals surface area contributed by atoms with E-state index in [2.05, 4.69) is 33.8 Å². The van der Waals surface area contributed by atoms with Crippen LogP contribution in [0.4, 0.5) is 0 Å². The minimum Gasteiger partial charge on any atom is -0.374 e. The highest BCUT2D eigenvalue weighted by molar-refractivity contribution is 14.1. The number of morpholine rings is 1. The van der Waals surface area contributed by atoms with Crippen molar-refractivity contribution in [2.45, 2.75) is 25.5 Å². The number of fused-ring (bicyclic) bond motifs is 3. The molecule has 2 aliphatic heterocycles. The fourth-order valence-corrected chi connectivity index (χ4v) is 4.02. The van der Waals surface area contributed by atoms with Crippen molar-refractivity contribution in [2.75, 3.05) is 13.2 Å². The van der Waals surface area contributed by atoms with E-state index in [1.165, 1.54) is 0 Å². The molecule has 1 amide bonds. The molecule has 0 radical (unpaired) electrons. The summed E-state index contributed by atoms with van der Waals surface area (Å²) >= 11 is 2.24. The Morgan fingerprint density at radius 1 is 1.45 bits per heavy atom. The minimum atomic E-state index is 0.0807. The summed E-state index contributed by atoms with van der Waals surface area (Å²) < 4.78 is 8.40. The van der Waals surface area contributed by atoms with Gasteiger partial charge in [-0.15, -0.1) is 0 Å². The molecule has 0 aliphatic carbocycles. The molecule has 0 unspecified atom stereocenters. The van der Waals surface area contributed by atoms with Gasteiger partial charge in [0.1, 0.15) is 10.5 Å². The van der Waals surface area contributed by atoms with E-state index in [1.807, 2.05) is 29.2 Å². The summed E-state index contributed by atoms with van der Waals surface area (Å²) in [4.78, 5) is 22.7. The first-order valence-electron chi connectivity index (χ1n) is 6.99. The van der Waals surface area contributed by atoms with Gasteiger partial charge in [-0.2, -0.15) is 5.10 Å². The highest BCUT2D eigenvalue weighted by Gasteiger charge is 2.42. The standard InChI is InChI=1S/C14H14IN3O2.CH2O/c1-8-2-12-11(5-16-18(12)13(15)3-8)14(19)17-6-10-4-9(17)7-20-10;1-2/h2-3,5,9-10H,4,6-7H2,1H3;1H2/t9-,10-;/m0./s1. The van der Waals surface area contributed by atoms with E-state index in [1.54, 1.807) is 6.20 Å². The second kappa shape index (κ2) is 5.96. The van der Waals surface area contributed by atoms with Crippen LogP contribution in [-0.2, 0) is 9.53 Å². The number of ether oxygens (including phenoxy) is 1. The second-order valence-corrected chi connectivity index (χ2v) is 6.62. The van der Waals surface area contributed by atoms with E-state index in [0.29, 0.717) is 18.7 Å². The van der Waals surface area contributed by atoms with Gasteiger partial charge in [-0.05, 0) is 53.6 Å². The monoisotopic (exact) mass is 413 g/mol. The van der Waals surface area contributed by atoms with E-state index in [9.17, 15) is 4.79 Å². The van der Waals surface area contributed by atoms with Gasteiger partial charge in [0, 0.05) is 6.54 Å². The van der Waals surface area contributed by atoms with E-state index in [-0.39, 0.29) is 18.1 Å². The summed E-state index contributed by atoms with van der Waals surface area (Å²) in [7, 11) is 0. The van der Waals surface area contributed by atoms with Crippen molar-refractivity contribution in [3.05, 3.63) is 33.2 Å². The highest BCUT2D eigenvalue weighted by atomic mass is 127. The van der Waals surface area contributed by atoms with Crippen LogP contribution in [0.2, 0.25) is 0 Å². The molecule has 0 spiro atoms. The van der Waals surface area contributed by atoms with Gasteiger partial charge < -0.3 is 14.4 Å². The number of carbonyl (C=O) groups is 2. The molecule has 2 saturated heterocycles.